The summed E-state index contributed by atoms with van der Waals surface area (Å²) >= 11 is 1.43. The first-order chi connectivity index (χ1) is 12.3. The topological polar surface area (TPSA) is 32.8 Å². The fourth-order valence-electron chi connectivity index (χ4n) is 3.16. The van der Waals surface area contributed by atoms with Crippen molar-refractivity contribution in [3.05, 3.63) is 66.2 Å². The Morgan fingerprint density at radius 2 is 1.56 bits per heavy atom. The molecule has 1 saturated heterocycles. The Morgan fingerprint density at radius 3 is 2.16 bits per heavy atom. The van der Waals surface area contributed by atoms with Gasteiger partial charge in [-0.25, -0.2) is 0 Å². The summed E-state index contributed by atoms with van der Waals surface area (Å²) in [6.07, 6.45) is 0.884. The van der Waals surface area contributed by atoms with Crippen molar-refractivity contribution in [1.82, 2.24) is 4.90 Å². The van der Waals surface area contributed by atoms with Gasteiger partial charge in [-0.2, -0.15) is 0 Å². The molecule has 5 heteroatoms. The molecule has 1 aliphatic heterocycles. The summed E-state index contributed by atoms with van der Waals surface area (Å²) in [6, 6.07) is 20.6. The van der Waals surface area contributed by atoms with E-state index in [2.05, 4.69) is 46.2 Å². The first kappa shape index (κ1) is 18.2. The van der Waals surface area contributed by atoms with E-state index >= 15 is 0 Å². The fraction of sp³-hybridized carbons (Fsp3) is 0.350. The number of para-hydroxylation sites is 1. The van der Waals surface area contributed by atoms with Gasteiger partial charge in [0.1, 0.15) is 0 Å². The van der Waals surface area contributed by atoms with E-state index in [0.29, 0.717) is 6.61 Å². The quantitative estimate of drug-likeness (QED) is 0.526. The number of ether oxygens (including phenoxy) is 1. The molecule has 132 valence electrons. The minimum atomic E-state index is -0.143. The second kappa shape index (κ2) is 9.19. The Hall–Kier alpha value is -1.61. The second-order valence-electron chi connectivity index (χ2n) is 6.26. The van der Waals surface area contributed by atoms with E-state index in [0.717, 1.165) is 38.0 Å². The van der Waals surface area contributed by atoms with Crippen LogP contribution in [0.2, 0.25) is 4.71 Å². The molecule has 1 fully saturated rings. The summed E-state index contributed by atoms with van der Waals surface area (Å²) in [7, 11) is 0. The van der Waals surface area contributed by atoms with Crippen LogP contribution in [0.5, 0.6) is 0 Å². The zero-order valence-electron chi connectivity index (χ0n) is 14.3. The van der Waals surface area contributed by atoms with E-state index in [1.54, 1.807) is 0 Å². The van der Waals surface area contributed by atoms with Crippen LogP contribution in [0.25, 0.3) is 0 Å². The molecule has 3 unspecified atom stereocenters. The van der Waals surface area contributed by atoms with Gasteiger partial charge in [0.25, 0.3) is 0 Å². The van der Waals surface area contributed by atoms with Gasteiger partial charge in [0.2, 0.25) is 0 Å². The molecule has 0 N–H and O–H groups in total. The number of aldehydes is 1. The Morgan fingerprint density at radius 1 is 0.960 bits per heavy atom. The number of hydrogen-bond acceptors (Lipinski definition) is 4. The third kappa shape index (κ3) is 4.94. The molecular weight excluding hydrogens is 375 g/mol. The van der Waals surface area contributed by atoms with Crippen LogP contribution in [0.3, 0.4) is 0 Å². The monoisotopic (exact) mass is 400 g/mol. The van der Waals surface area contributed by atoms with E-state index in [4.69, 9.17) is 4.74 Å². The Labute approximate surface area is 158 Å². The van der Waals surface area contributed by atoms with Gasteiger partial charge < -0.3 is 0 Å². The average Bonchev–Trinajstić information content (AvgIpc) is 2.70. The molecule has 25 heavy (non-hydrogen) atoms. The predicted octanol–water partition coefficient (Wildman–Crippen LogP) is 1.97. The summed E-state index contributed by atoms with van der Waals surface area (Å²) in [5, 5.41) is 0. The molecular formula is C20H25AsN2O2. The van der Waals surface area contributed by atoms with Gasteiger partial charge >= 0.3 is 158 Å². The predicted molar refractivity (Wildman–Crippen MR) is 104 cm³/mol. The van der Waals surface area contributed by atoms with Gasteiger partial charge in [0, 0.05) is 0 Å². The molecule has 0 aromatic heterocycles. The van der Waals surface area contributed by atoms with Crippen molar-refractivity contribution in [3.63, 3.8) is 0 Å². The number of carbonyl (C=O) groups is 1. The van der Waals surface area contributed by atoms with E-state index in [1.165, 1.54) is 22.5 Å². The summed E-state index contributed by atoms with van der Waals surface area (Å²) in [6.45, 7) is 4.26. The molecule has 0 spiro atoms. The normalized spacial score (nSPS) is 17.9. The molecule has 4 nitrogen and oxygen atoms in total. The molecule has 0 radical (unpaired) electrons. The molecule has 1 aliphatic rings. The number of nitrogens with zero attached hydrogens (tertiary/aromatic N) is 2. The number of hydrogen-bond donors (Lipinski definition) is 0. The fourth-order valence-corrected chi connectivity index (χ4v) is 3.90. The van der Waals surface area contributed by atoms with Gasteiger partial charge in [0.15, 0.2) is 0 Å². The van der Waals surface area contributed by atoms with Crippen molar-refractivity contribution in [3.8, 4) is 0 Å². The summed E-state index contributed by atoms with van der Waals surface area (Å²) < 4.78 is 6.07. The molecule has 0 amide bonds. The van der Waals surface area contributed by atoms with Crippen LogP contribution < -0.4 is 4.90 Å². The second-order valence-corrected chi connectivity index (χ2v) is 7.87. The van der Waals surface area contributed by atoms with Crippen molar-refractivity contribution < 1.29 is 9.53 Å². The summed E-state index contributed by atoms with van der Waals surface area (Å²) in [5.74, 6) is 0. The van der Waals surface area contributed by atoms with E-state index in [9.17, 15) is 4.79 Å². The van der Waals surface area contributed by atoms with Gasteiger partial charge in [-0.15, -0.1) is 0 Å². The standard InChI is InChI=1S/C20H25AsN2O2/c21-19(15-24)20(25-16-17-7-3-1-4-8-17)23-13-11-22(12-14-23)18-9-5-2-6-10-18/h1-10,15,19-20H,11-14,16,21H2. The van der Waals surface area contributed by atoms with Crippen LogP contribution in [0, 0.1) is 0 Å². The zero-order chi connectivity index (χ0) is 17.5. The maximum atomic E-state index is 11.4. The maximum absolute atomic E-state index is 11.4. The van der Waals surface area contributed by atoms with Gasteiger partial charge in [-0.05, 0) is 0 Å². The van der Waals surface area contributed by atoms with Gasteiger partial charge in [-0.1, -0.05) is 0 Å². The molecule has 3 rings (SSSR count). The van der Waals surface area contributed by atoms with Crippen LogP contribution in [0.4, 0.5) is 5.69 Å². The molecule has 0 saturated carbocycles. The van der Waals surface area contributed by atoms with E-state index in [-0.39, 0.29) is 10.9 Å². The van der Waals surface area contributed by atoms with Gasteiger partial charge in [-0.3, -0.25) is 0 Å². The molecule has 2 aromatic carbocycles. The van der Waals surface area contributed by atoms with E-state index in [1.807, 2.05) is 24.3 Å². The Balaban J connectivity index is 1.59. The third-order valence-electron chi connectivity index (χ3n) is 4.55. The number of piperazine rings is 1. The summed E-state index contributed by atoms with van der Waals surface area (Å²) in [4.78, 5) is 16.1. The number of benzene rings is 2. The Bertz CT molecular complexity index is 645. The summed E-state index contributed by atoms with van der Waals surface area (Å²) in [5.41, 5.74) is 2.40. The molecule has 3 atom stereocenters. The van der Waals surface area contributed by atoms with Crippen molar-refractivity contribution in [1.29, 1.82) is 0 Å². The molecule has 1 heterocycles. The van der Waals surface area contributed by atoms with Crippen LogP contribution >= 0.6 is 0 Å². The van der Waals surface area contributed by atoms with Crippen molar-refractivity contribution in [2.24, 2.45) is 0 Å². The average molecular weight is 400 g/mol. The van der Waals surface area contributed by atoms with Crippen molar-refractivity contribution in [2.45, 2.75) is 17.5 Å². The van der Waals surface area contributed by atoms with Crippen LogP contribution in [0.1, 0.15) is 5.56 Å². The van der Waals surface area contributed by atoms with Crippen molar-refractivity contribution in [2.75, 3.05) is 31.1 Å². The SMILES string of the molecule is O=CC([AsH2])C(OCc1ccccc1)N1CCN(c2ccccc2)CC1. The van der Waals surface area contributed by atoms with Crippen molar-refractivity contribution >= 4 is 28.8 Å². The first-order valence-corrected chi connectivity index (χ1v) is 10.1. The molecule has 0 aliphatic carbocycles. The van der Waals surface area contributed by atoms with Crippen LogP contribution in [-0.2, 0) is 16.1 Å². The van der Waals surface area contributed by atoms with Crippen LogP contribution in [-0.4, -0.2) is 60.4 Å². The third-order valence-corrected chi connectivity index (χ3v) is 5.57. The van der Waals surface area contributed by atoms with E-state index < -0.39 is 0 Å². The molecule has 2 aromatic rings. The minimum absolute atomic E-state index is 0.0838. The van der Waals surface area contributed by atoms with Crippen LogP contribution in [0.15, 0.2) is 60.7 Å². The Kier molecular flexibility index (Phi) is 6.68. The number of carbonyl (C=O) groups excluding carboxylic acids is 1. The van der Waals surface area contributed by atoms with Gasteiger partial charge in [0.05, 0.1) is 0 Å². The number of rotatable bonds is 7. The molecule has 0 bridgehead atoms. The number of anilines is 1. The first-order valence-electron chi connectivity index (χ1n) is 8.68. The zero-order valence-corrected chi connectivity index (χ0v) is 16.8.